The Hall–Kier alpha value is -2.49. The number of rotatable bonds is 7. The zero-order valence-corrected chi connectivity index (χ0v) is 13.1. The minimum Gasteiger partial charge on any atom is -0.484 e. The predicted molar refractivity (Wildman–Crippen MR) is 90.6 cm³/mol. The summed E-state index contributed by atoms with van der Waals surface area (Å²) < 4.78 is 5.42. The fourth-order valence-corrected chi connectivity index (χ4v) is 2.21. The second-order valence-electron chi connectivity index (χ2n) is 4.87. The highest BCUT2D eigenvalue weighted by molar-refractivity contribution is 5.92. The van der Waals surface area contributed by atoms with Gasteiger partial charge >= 0.3 is 0 Å². The van der Waals surface area contributed by atoms with Crippen LogP contribution in [0, 0.1) is 0 Å². The van der Waals surface area contributed by atoms with Gasteiger partial charge in [-0.1, -0.05) is 18.2 Å². The molecule has 0 radical (unpaired) electrons. The number of para-hydroxylation sites is 1. The summed E-state index contributed by atoms with van der Waals surface area (Å²) in [7, 11) is 0. The van der Waals surface area contributed by atoms with Gasteiger partial charge in [0.1, 0.15) is 5.75 Å². The third-order valence-electron chi connectivity index (χ3n) is 3.39. The molecule has 0 aliphatic rings. The molecule has 2 aromatic rings. The molecule has 2 aromatic carbocycles. The van der Waals surface area contributed by atoms with Gasteiger partial charge in [-0.2, -0.15) is 0 Å². The maximum atomic E-state index is 11.9. The average molecular weight is 298 g/mol. The van der Waals surface area contributed by atoms with Crippen molar-refractivity contribution in [3.8, 4) is 5.75 Å². The minimum atomic E-state index is -0.167. The number of benzene rings is 2. The fourth-order valence-electron chi connectivity index (χ4n) is 2.21. The lowest BCUT2D eigenvalue weighted by Crippen LogP contribution is -2.22. The van der Waals surface area contributed by atoms with Crippen LogP contribution in [-0.2, 0) is 4.79 Å². The van der Waals surface area contributed by atoms with Crippen molar-refractivity contribution in [2.45, 2.75) is 13.8 Å². The van der Waals surface area contributed by atoms with Crippen molar-refractivity contribution in [1.82, 2.24) is 0 Å². The number of nitrogens with one attached hydrogen (secondary N) is 1. The number of hydrogen-bond donors (Lipinski definition) is 1. The molecule has 0 saturated carbocycles. The van der Waals surface area contributed by atoms with E-state index in [9.17, 15) is 4.79 Å². The van der Waals surface area contributed by atoms with Crippen LogP contribution in [0.3, 0.4) is 0 Å². The van der Waals surface area contributed by atoms with E-state index in [1.54, 1.807) is 0 Å². The zero-order chi connectivity index (χ0) is 15.8. The van der Waals surface area contributed by atoms with Crippen molar-refractivity contribution in [2.75, 3.05) is 29.9 Å². The summed E-state index contributed by atoms with van der Waals surface area (Å²) in [5, 5.41) is 2.83. The molecule has 4 heteroatoms. The first-order valence-electron chi connectivity index (χ1n) is 7.55. The molecule has 0 aliphatic carbocycles. The average Bonchev–Trinajstić information content (AvgIpc) is 2.56. The van der Waals surface area contributed by atoms with E-state index in [1.807, 2.05) is 54.6 Å². The van der Waals surface area contributed by atoms with E-state index in [0.717, 1.165) is 24.5 Å². The van der Waals surface area contributed by atoms with Gasteiger partial charge in [-0.15, -0.1) is 0 Å². The van der Waals surface area contributed by atoms with Gasteiger partial charge < -0.3 is 15.0 Å². The number of carbonyl (C=O) groups excluding carboxylic acids is 1. The Balaban J connectivity index is 1.86. The van der Waals surface area contributed by atoms with Crippen molar-refractivity contribution in [2.24, 2.45) is 0 Å². The Morgan fingerprint density at radius 2 is 1.64 bits per heavy atom. The van der Waals surface area contributed by atoms with Crippen LogP contribution >= 0.6 is 0 Å². The first-order valence-corrected chi connectivity index (χ1v) is 7.55. The van der Waals surface area contributed by atoms with Crippen LogP contribution in [0.2, 0.25) is 0 Å². The van der Waals surface area contributed by atoms with Crippen molar-refractivity contribution in [3.05, 3.63) is 54.6 Å². The first-order chi connectivity index (χ1) is 10.7. The van der Waals surface area contributed by atoms with Crippen LogP contribution in [0.15, 0.2) is 54.6 Å². The molecule has 4 nitrogen and oxygen atoms in total. The molecule has 116 valence electrons. The van der Waals surface area contributed by atoms with Gasteiger partial charge in [0.2, 0.25) is 0 Å². The lowest BCUT2D eigenvalue weighted by atomic mass is 10.2. The maximum Gasteiger partial charge on any atom is 0.262 e. The molecule has 1 amide bonds. The molecule has 0 aliphatic heterocycles. The van der Waals surface area contributed by atoms with Gasteiger partial charge in [-0.3, -0.25) is 4.79 Å². The van der Waals surface area contributed by atoms with Crippen molar-refractivity contribution < 1.29 is 9.53 Å². The minimum absolute atomic E-state index is 0.00180. The maximum absolute atomic E-state index is 11.9. The van der Waals surface area contributed by atoms with Gasteiger partial charge in [-0.25, -0.2) is 0 Å². The molecule has 0 atom stereocenters. The van der Waals surface area contributed by atoms with Crippen LogP contribution in [0.5, 0.6) is 5.75 Å². The highest BCUT2D eigenvalue weighted by Crippen LogP contribution is 2.17. The summed E-state index contributed by atoms with van der Waals surface area (Å²) in [6.45, 7) is 6.18. The molecule has 22 heavy (non-hydrogen) atoms. The van der Waals surface area contributed by atoms with Crippen molar-refractivity contribution in [1.29, 1.82) is 0 Å². The van der Waals surface area contributed by atoms with E-state index in [-0.39, 0.29) is 12.5 Å². The predicted octanol–water partition coefficient (Wildman–Crippen LogP) is 3.55. The third kappa shape index (κ3) is 4.52. The molecule has 0 spiro atoms. The quantitative estimate of drug-likeness (QED) is 0.850. The summed E-state index contributed by atoms with van der Waals surface area (Å²) in [6, 6.07) is 17.2. The Kier molecular flexibility index (Phi) is 5.83. The second kappa shape index (κ2) is 8.08. The number of hydrogen-bond acceptors (Lipinski definition) is 3. The SMILES string of the molecule is CCN(CC)c1ccc(NC(=O)COc2ccccc2)cc1. The fraction of sp³-hybridized carbons (Fsp3) is 0.278. The lowest BCUT2D eigenvalue weighted by Gasteiger charge is -2.21. The summed E-state index contributed by atoms with van der Waals surface area (Å²) in [5.41, 5.74) is 1.93. The van der Waals surface area contributed by atoms with Crippen LogP contribution in [0.1, 0.15) is 13.8 Å². The monoisotopic (exact) mass is 298 g/mol. The summed E-state index contributed by atoms with van der Waals surface area (Å²) in [5.74, 6) is 0.522. The van der Waals surface area contributed by atoms with E-state index >= 15 is 0 Å². The number of carbonyl (C=O) groups is 1. The Morgan fingerprint density at radius 3 is 2.23 bits per heavy atom. The zero-order valence-electron chi connectivity index (χ0n) is 13.1. The van der Waals surface area contributed by atoms with Crippen molar-refractivity contribution in [3.63, 3.8) is 0 Å². The molecular weight excluding hydrogens is 276 g/mol. The number of amides is 1. The highest BCUT2D eigenvalue weighted by atomic mass is 16.5. The third-order valence-corrected chi connectivity index (χ3v) is 3.39. The van der Waals surface area contributed by atoms with Gasteiger partial charge in [0.15, 0.2) is 6.61 Å². The number of anilines is 2. The molecule has 0 unspecified atom stereocenters. The molecule has 0 fully saturated rings. The van der Waals surface area contributed by atoms with Crippen LogP contribution < -0.4 is 15.0 Å². The van der Waals surface area contributed by atoms with E-state index in [4.69, 9.17) is 4.74 Å². The Labute approximate surface area is 131 Å². The van der Waals surface area contributed by atoms with E-state index in [1.165, 1.54) is 0 Å². The van der Waals surface area contributed by atoms with E-state index in [0.29, 0.717) is 5.75 Å². The molecule has 2 rings (SSSR count). The Bertz CT molecular complexity index is 578. The van der Waals surface area contributed by atoms with Crippen LogP contribution in [0.4, 0.5) is 11.4 Å². The highest BCUT2D eigenvalue weighted by Gasteiger charge is 2.05. The summed E-state index contributed by atoms with van der Waals surface area (Å²) in [4.78, 5) is 14.1. The smallest absolute Gasteiger partial charge is 0.262 e. The Morgan fingerprint density at radius 1 is 1.00 bits per heavy atom. The molecule has 0 saturated heterocycles. The summed E-state index contributed by atoms with van der Waals surface area (Å²) in [6.07, 6.45) is 0. The number of ether oxygens (including phenoxy) is 1. The van der Waals surface area contributed by atoms with Crippen LogP contribution in [0.25, 0.3) is 0 Å². The van der Waals surface area contributed by atoms with Gasteiger partial charge in [0, 0.05) is 24.5 Å². The van der Waals surface area contributed by atoms with E-state index < -0.39 is 0 Å². The lowest BCUT2D eigenvalue weighted by molar-refractivity contribution is -0.118. The second-order valence-corrected chi connectivity index (χ2v) is 4.87. The number of nitrogens with zero attached hydrogens (tertiary/aromatic N) is 1. The molecule has 0 aromatic heterocycles. The normalized spacial score (nSPS) is 10.1. The van der Waals surface area contributed by atoms with E-state index in [2.05, 4.69) is 24.1 Å². The van der Waals surface area contributed by atoms with Crippen molar-refractivity contribution >= 4 is 17.3 Å². The topological polar surface area (TPSA) is 41.6 Å². The standard InChI is InChI=1S/C18H22N2O2/c1-3-20(4-2)16-12-10-15(11-13-16)19-18(21)14-22-17-8-6-5-7-9-17/h5-13H,3-4,14H2,1-2H3,(H,19,21). The van der Waals surface area contributed by atoms with Gasteiger partial charge in [-0.05, 0) is 50.2 Å². The molecular formula is C18H22N2O2. The molecule has 1 N–H and O–H groups in total. The van der Waals surface area contributed by atoms with Gasteiger partial charge in [0.05, 0.1) is 0 Å². The molecule has 0 bridgehead atoms. The summed E-state index contributed by atoms with van der Waals surface area (Å²) >= 11 is 0. The van der Waals surface area contributed by atoms with Crippen LogP contribution in [-0.4, -0.2) is 25.6 Å². The molecule has 0 heterocycles. The first kappa shape index (κ1) is 15.9. The largest absolute Gasteiger partial charge is 0.484 e. The van der Waals surface area contributed by atoms with Gasteiger partial charge in [0.25, 0.3) is 5.91 Å².